The first-order chi connectivity index (χ1) is 13.2. The molecule has 1 N–H and O–H groups in total. The Kier molecular flexibility index (Phi) is 4.05. The number of hydrogen-bond donors (Lipinski definition) is 1. The van der Waals surface area contributed by atoms with Crippen LogP contribution in [0, 0.1) is 5.92 Å². The minimum absolute atomic E-state index is 0.0105. The minimum atomic E-state index is 0.0105. The number of anilines is 1. The first-order valence-corrected chi connectivity index (χ1v) is 9.74. The van der Waals surface area contributed by atoms with Gasteiger partial charge in [0.25, 0.3) is 0 Å². The third-order valence-corrected chi connectivity index (χ3v) is 5.57. The molecule has 140 valence electrons. The molecule has 5 rings (SSSR count). The first kappa shape index (κ1) is 16.6. The first-order valence-electron chi connectivity index (χ1n) is 9.74. The number of benzene rings is 2. The summed E-state index contributed by atoms with van der Waals surface area (Å²) >= 11 is 0. The van der Waals surface area contributed by atoms with E-state index >= 15 is 0 Å². The van der Waals surface area contributed by atoms with Crippen molar-refractivity contribution in [3.63, 3.8) is 0 Å². The van der Waals surface area contributed by atoms with E-state index < -0.39 is 0 Å². The normalized spacial score (nSPS) is 17.0. The molecule has 5 nitrogen and oxygen atoms in total. The number of para-hydroxylation sites is 1. The summed E-state index contributed by atoms with van der Waals surface area (Å²) in [6, 6.07) is 12.3. The number of amides is 1. The Bertz CT molecular complexity index is 1000. The molecule has 1 aromatic heterocycles. The van der Waals surface area contributed by atoms with Crippen molar-refractivity contribution in [2.75, 3.05) is 25.5 Å². The molecule has 1 heterocycles. The lowest BCUT2D eigenvalue weighted by molar-refractivity contribution is -0.117. The summed E-state index contributed by atoms with van der Waals surface area (Å²) in [4.78, 5) is 15.0. The highest BCUT2D eigenvalue weighted by molar-refractivity contribution is 6.07. The van der Waals surface area contributed by atoms with Crippen LogP contribution in [0.4, 0.5) is 5.69 Å². The number of hydrogen-bond acceptors (Lipinski definition) is 4. The summed E-state index contributed by atoms with van der Waals surface area (Å²) in [5, 5.41) is 5.08. The van der Waals surface area contributed by atoms with Gasteiger partial charge in [-0.05, 0) is 43.7 Å². The fourth-order valence-corrected chi connectivity index (χ4v) is 3.81. The van der Waals surface area contributed by atoms with Gasteiger partial charge in [-0.2, -0.15) is 0 Å². The second-order valence-electron chi connectivity index (χ2n) is 7.80. The van der Waals surface area contributed by atoms with Crippen LogP contribution in [0.3, 0.4) is 0 Å². The van der Waals surface area contributed by atoms with Crippen molar-refractivity contribution in [3.05, 3.63) is 36.4 Å². The summed E-state index contributed by atoms with van der Waals surface area (Å²) < 4.78 is 11.5. The van der Waals surface area contributed by atoms with Crippen LogP contribution in [-0.2, 0) is 4.79 Å². The Morgan fingerprint density at radius 2 is 1.96 bits per heavy atom. The quantitative estimate of drug-likeness (QED) is 0.675. The molecule has 2 aliphatic rings. The van der Waals surface area contributed by atoms with E-state index in [4.69, 9.17) is 9.15 Å². The summed E-state index contributed by atoms with van der Waals surface area (Å²) in [6.07, 6.45) is 5.05. The van der Waals surface area contributed by atoms with E-state index in [-0.39, 0.29) is 5.91 Å². The van der Waals surface area contributed by atoms with Crippen molar-refractivity contribution < 1.29 is 13.9 Å². The van der Waals surface area contributed by atoms with Crippen LogP contribution in [0.5, 0.6) is 5.75 Å². The third-order valence-electron chi connectivity index (χ3n) is 5.57. The molecule has 0 unspecified atom stereocenters. The second-order valence-corrected chi connectivity index (χ2v) is 7.80. The number of carbonyl (C=O) groups is 1. The largest absolute Gasteiger partial charge is 0.495 e. The van der Waals surface area contributed by atoms with E-state index in [9.17, 15) is 4.79 Å². The highest BCUT2D eigenvalue weighted by Crippen LogP contribution is 2.37. The minimum Gasteiger partial charge on any atom is -0.495 e. The Labute approximate surface area is 158 Å². The molecule has 27 heavy (non-hydrogen) atoms. The number of carbonyl (C=O) groups excluding carboxylic acids is 1. The lowest BCUT2D eigenvalue weighted by Gasteiger charge is -2.21. The number of furan rings is 1. The molecule has 0 saturated heterocycles. The molecule has 2 fully saturated rings. The van der Waals surface area contributed by atoms with Gasteiger partial charge in [0.15, 0.2) is 0 Å². The summed E-state index contributed by atoms with van der Waals surface area (Å²) in [5.41, 5.74) is 2.25. The molecular weight excluding hydrogens is 340 g/mol. The topological polar surface area (TPSA) is 54.7 Å². The van der Waals surface area contributed by atoms with Crippen LogP contribution in [-0.4, -0.2) is 37.0 Å². The number of rotatable bonds is 7. The Morgan fingerprint density at radius 1 is 1.15 bits per heavy atom. The molecule has 0 spiro atoms. The lowest BCUT2D eigenvalue weighted by atomic mass is 10.1. The number of nitrogens with zero attached hydrogens (tertiary/aromatic N) is 1. The van der Waals surface area contributed by atoms with Crippen molar-refractivity contribution in [2.45, 2.75) is 31.7 Å². The van der Waals surface area contributed by atoms with Crippen molar-refractivity contribution in [2.24, 2.45) is 5.92 Å². The van der Waals surface area contributed by atoms with Crippen LogP contribution < -0.4 is 10.1 Å². The number of methoxy groups -OCH3 is 1. The van der Waals surface area contributed by atoms with E-state index in [2.05, 4.69) is 10.2 Å². The van der Waals surface area contributed by atoms with E-state index in [1.165, 1.54) is 25.7 Å². The highest BCUT2D eigenvalue weighted by atomic mass is 16.5. The Balaban J connectivity index is 1.39. The van der Waals surface area contributed by atoms with E-state index in [1.54, 1.807) is 7.11 Å². The maximum absolute atomic E-state index is 12.7. The Hall–Kier alpha value is -2.53. The fourth-order valence-electron chi connectivity index (χ4n) is 3.81. The van der Waals surface area contributed by atoms with Crippen molar-refractivity contribution in [1.82, 2.24) is 4.90 Å². The molecule has 2 saturated carbocycles. The zero-order chi connectivity index (χ0) is 18.4. The van der Waals surface area contributed by atoms with Crippen LogP contribution in [0.2, 0.25) is 0 Å². The van der Waals surface area contributed by atoms with Gasteiger partial charge in [-0.1, -0.05) is 18.2 Å². The Morgan fingerprint density at radius 3 is 2.70 bits per heavy atom. The van der Waals surface area contributed by atoms with Crippen molar-refractivity contribution >= 4 is 33.5 Å². The molecule has 0 atom stereocenters. The molecule has 5 heteroatoms. The zero-order valence-electron chi connectivity index (χ0n) is 15.5. The number of nitrogens with one attached hydrogen (secondary N) is 1. The van der Waals surface area contributed by atoms with E-state index in [0.717, 1.165) is 34.4 Å². The van der Waals surface area contributed by atoms with Crippen molar-refractivity contribution in [1.29, 1.82) is 0 Å². The summed E-state index contributed by atoms with van der Waals surface area (Å²) in [5.74, 6) is 1.46. The number of fused-ring (bicyclic) bond motifs is 3. The average Bonchev–Trinajstić information content (AvgIpc) is 3.57. The SMILES string of the molecule is COc1cc2c(cc1NC(=O)CN(CC1CC1)C1CC1)oc1ccccc12. The average molecular weight is 364 g/mol. The predicted octanol–water partition coefficient (Wildman–Crippen LogP) is 4.41. The van der Waals surface area contributed by atoms with Crippen LogP contribution in [0.25, 0.3) is 21.9 Å². The van der Waals surface area contributed by atoms with Gasteiger partial charge >= 0.3 is 0 Å². The van der Waals surface area contributed by atoms with Crippen LogP contribution >= 0.6 is 0 Å². The molecule has 0 radical (unpaired) electrons. The molecule has 0 aliphatic heterocycles. The van der Waals surface area contributed by atoms with E-state index in [0.29, 0.717) is 24.0 Å². The van der Waals surface area contributed by atoms with Crippen LogP contribution in [0.1, 0.15) is 25.7 Å². The maximum atomic E-state index is 12.7. The molecule has 2 aromatic carbocycles. The molecule has 0 bridgehead atoms. The van der Waals surface area contributed by atoms with Crippen molar-refractivity contribution in [3.8, 4) is 5.75 Å². The van der Waals surface area contributed by atoms with Gasteiger partial charge in [0, 0.05) is 29.4 Å². The van der Waals surface area contributed by atoms with Gasteiger partial charge < -0.3 is 14.5 Å². The third kappa shape index (κ3) is 3.39. The molecular formula is C22H24N2O3. The highest BCUT2D eigenvalue weighted by Gasteiger charge is 2.34. The smallest absolute Gasteiger partial charge is 0.238 e. The monoisotopic (exact) mass is 364 g/mol. The second kappa shape index (κ2) is 6.57. The van der Waals surface area contributed by atoms with Gasteiger partial charge in [-0.25, -0.2) is 0 Å². The molecule has 2 aliphatic carbocycles. The van der Waals surface area contributed by atoms with Gasteiger partial charge in [0.05, 0.1) is 19.3 Å². The van der Waals surface area contributed by atoms with Gasteiger partial charge in [0.1, 0.15) is 16.9 Å². The van der Waals surface area contributed by atoms with Gasteiger partial charge in [0.2, 0.25) is 5.91 Å². The standard InChI is InChI=1S/C22H24N2O3/c1-26-21-10-17-16-4-2-3-5-19(16)27-20(17)11-18(21)23-22(25)13-24(15-8-9-15)12-14-6-7-14/h2-5,10-11,14-15H,6-9,12-13H2,1H3,(H,23,25). The fraction of sp³-hybridized carbons (Fsp3) is 0.409. The lowest BCUT2D eigenvalue weighted by Crippen LogP contribution is -2.36. The van der Waals surface area contributed by atoms with Gasteiger partial charge in [-0.3, -0.25) is 9.69 Å². The molecule has 3 aromatic rings. The number of ether oxygens (including phenoxy) is 1. The zero-order valence-corrected chi connectivity index (χ0v) is 15.5. The maximum Gasteiger partial charge on any atom is 0.238 e. The molecule has 1 amide bonds. The van der Waals surface area contributed by atoms with Gasteiger partial charge in [-0.15, -0.1) is 0 Å². The predicted molar refractivity (Wildman–Crippen MR) is 106 cm³/mol. The van der Waals surface area contributed by atoms with E-state index in [1.807, 2.05) is 36.4 Å². The van der Waals surface area contributed by atoms with Crippen LogP contribution in [0.15, 0.2) is 40.8 Å². The summed E-state index contributed by atoms with van der Waals surface area (Å²) in [6.45, 7) is 1.50. The summed E-state index contributed by atoms with van der Waals surface area (Å²) in [7, 11) is 1.63.